The Morgan fingerprint density at radius 1 is 1.33 bits per heavy atom. The van der Waals surface area contributed by atoms with Crippen molar-refractivity contribution in [3.8, 4) is 0 Å². The zero-order chi connectivity index (χ0) is 14.8. The summed E-state index contributed by atoms with van der Waals surface area (Å²) in [5.41, 5.74) is 8.75. The standard InChI is InChI=1S/C15H16N4O2/c1-9-3-2-4-10(5-9)11-6-12(8-13(20)7-11)17-15-14(16)18-21-19-15/h2-5,8,11H,6-7H2,1H3,(H2,16,18)(H,17,19). The van der Waals surface area contributed by atoms with E-state index >= 15 is 0 Å². The molecular formula is C15H16N4O2. The van der Waals surface area contributed by atoms with E-state index in [1.165, 1.54) is 11.1 Å². The number of hydrogen-bond acceptors (Lipinski definition) is 6. The molecule has 3 rings (SSSR count). The molecule has 1 atom stereocenters. The molecule has 1 heterocycles. The molecule has 1 aliphatic rings. The molecule has 0 saturated carbocycles. The van der Waals surface area contributed by atoms with Gasteiger partial charge in [0.15, 0.2) is 5.78 Å². The molecule has 1 aromatic heterocycles. The molecule has 0 spiro atoms. The summed E-state index contributed by atoms with van der Waals surface area (Å²) in [6.45, 7) is 2.05. The van der Waals surface area contributed by atoms with Crippen molar-refractivity contribution in [3.63, 3.8) is 0 Å². The maximum absolute atomic E-state index is 11.9. The Morgan fingerprint density at radius 2 is 2.19 bits per heavy atom. The van der Waals surface area contributed by atoms with Crippen LogP contribution < -0.4 is 11.1 Å². The van der Waals surface area contributed by atoms with Crippen LogP contribution in [0.5, 0.6) is 0 Å². The first-order valence-corrected chi connectivity index (χ1v) is 6.77. The molecule has 0 fully saturated rings. The lowest BCUT2D eigenvalue weighted by atomic mass is 9.85. The number of aryl methyl sites for hydroxylation is 1. The van der Waals surface area contributed by atoms with E-state index in [0.29, 0.717) is 12.2 Å². The summed E-state index contributed by atoms with van der Waals surface area (Å²) < 4.78 is 4.54. The highest BCUT2D eigenvalue weighted by atomic mass is 16.6. The van der Waals surface area contributed by atoms with E-state index in [4.69, 9.17) is 5.73 Å². The molecule has 1 aromatic carbocycles. The van der Waals surface area contributed by atoms with Crippen LogP contribution in [0.3, 0.4) is 0 Å². The highest BCUT2D eigenvalue weighted by molar-refractivity contribution is 5.92. The zero-order valence-electron chi connectivity index (χ0n) is 11.7. The quantitative estimate of drug-likeness (QED) is 0.898. The number of aromatic nitrogens is 2. The van der Waals surface area contributed by atoms with Crippen LogP contribution in [0.2, 0.25) is 0 Å². The molecule has 6 nitrogen and oxygen atoms in total. The third-order valence-corrected chi connectivity index (χ3v) is 3.56. The third kappa shape index (κ3) is 2.94. The molecule has 0 saturated heterocycles. The van der Waals surface area contributed by atoms with Gasteiger partial charge in [-0.1, -0.05) is 29.8 Å². The lowest BCUT2D eigenvalue weighted by Crippen LogP contribution is -2.17. The van der Waals surface area contributed by atoms with E-state index in [0.717, 1.165) is 12.1 Å². The van der Waals surface area contributed by atoms with E-state index in [2.05, 4.69) is 32.4 Å². The fraction of sp³-hybridized carbons (Fsp3) is 0.267. The van der Waals surface area contributed by atoms with Gasteiger partial charge in [-0.25, -0.2) is 4.63 Å². The van der Waals surface area contributed by atoms with Crippen LogP contribution in [0, 0.1) is 6.92 Å². The first kappa shape index (κ1) is 13.4. The first-order valence-electron chi connectivity index (χ1n) is 6.77. The SMILES string of the molecule is Cc1cccc(C2CC(=O)C=C(Nc3nonc3N)C2)c1. The van der Waals surface area contributed by atoms with Crippen molar-refractivity contribution >= 4 is 17.4 Å². The van der Waals surface area contributed by atoms with Gasteiger partial charge in [-0.15, -0.1) is 0 Å². The van der Waals surface area contributed by atoms with Crippen LogP contribution in [-0.4, -0.2) is 16.1 Å². The minimum Gasteiger partial charge on any atom is -0.378 e. The summed E-state index contributed by atoms with van der Waals surface area (Å²) in [6.07, 6.45) is 2.84. The molecule has 0 bridgehead atoms. The molecule has 1 aliphatic carbocycles. The van der Waals surface area contributed by atoms with Crippen LogP contribution in [-0.2, 0) is 4.79 Å². The number of carbonyl (C=O) groups excluding carboxylic acids is 1. The van der Waals surface area contributed by atoms with E-state index in [-0.39, 0.29) is 17.5 Å². The van der Waals surface area contributed by atoms with Crippen molar-refractivity contribution in [2.45, 2.75) is 25.7 Å². The lowest BCUT2D eigenvalue weighted by Gasteiger charge is -2.23. The number of nitrogens with two attached hydrogens (primary N) is 1. The van der Waals surface area contributed by atoms with Gasteiger partial charge >= 0.3 is 0 Å². The first-order chi connectivity index (χ1) is 10.1. The van der Waals surface area contributed by atoms with Gasteiger partial charge in [0.05, 0.1) is 0 Å². The summed E-state index contributed by atoms with van der Waals surface area (Å²) >= 11 is 0. The number of carbonyl (C=O) groups is 1. The van der Waals surface area contributed by atoms with Gasteiger partial charge < -0.3 is 11.1 Å². The Hall–Kier alpha value is -2.63. The second-order valence-corrected chi connectivity index (χ2v) is 5.28. The molecule has 108 valence electrons. The number of nitrogen functional groups attached to an aromatic ring is 1. The van der Waals surface area contributed by atoms with Gasteiger partial charge in [-0.05, 0) is 35.1 Å². The number of rotatable bonds is 3. The smallest absolute Gasteiger partial charge is 0.219 e. The average Bonchev–Trinajstić information content (AvgIpc) is 2.84. The molecule has 0 aliphatic heterocycles. The number of benzene rings is 1. The number of anilines is 2. The molecule has 21 heavy (non-hydrogen) atoms. The van der Waals surface area contributed by atoms with Crippen molar-refractivity contribution in [1.29, 1.82) is 0 Å². The number of hydrogen-bond donors (Lipinski definition) is 2. The summed E-state index contributed by atoms with van der Waals surface area (Å²) in [4.78, 5) is 11.9. The Bertz CT molecular complexity index is 705. The minimum atomic E-state index is 0.0882. The van der Waals surface area contributed by atoms with Crippen LogP contribution >= 0.6 is 0 Å². The van der Waals surface area contributed by atoms with Gasteiger partial charge in [-0.3, -0.25) is 4.79 Å². The van der Waals surface area contributed by atoms with Crippen LogP contribution in [0.25, 0.3) is 0 Å². The molecule has 2 aromatic rings. The topological polar surface area (TPSA) is 94.0 Å². The predicted molar refractivity (Wildman–Crippen MR) is 78.6 cm³/mol. The van der Waals surface area contributed by atoms with Gasteiger partial charge in [0, 0.05) is 18.2 Å². The second kappa shape index (κ2) is 5.40. The molecule has 0 radical (unpaired) electrons. The third-order valence-electron chi connectivity index (χ3n) is 3.56. The number of ketones is 1. The van der Waals surface area contributed by atoms with E-state index in [9.17, 15) is 4.79 Å². The maximum atomic E-state index is 11.9. The Kier molecular flexibility index (Phi) is 3.43. The lowest BCUT2D eigenvalue weighted by molar-refractivity contribution is -0.115. The van der Waals surface area contributed by atoms with Crippen LogP contribution in [0.15, 0.2) is 40.7 Å². The van der Waals surface area contributed by atoms with E-state index in [1.807, 2.05) is 19.1 Å². The fourth-order valence-corrected chi connectivity index (χ4v) is 2.57. The summed E-state index contributed by atoms with van der Waals surface area (Å²) in [7, 11) is 0. The Balaban J connectivity index is 1.80. The van der Waals surface area contributed by atoms with Crippen molar-refractivity contribution in [3.05, 3.63) is 47.2 Å². The summed E-state index contributed by atoms with van der Waals surface area (Å²) in [5.74, 6) is 0.774. The van der Waals surface area contributed by atoms with Gasteiger partial charge in [0.1, 0.15) is 0 Å². The highest BCUT2D eigenvalue weighted by Gasteiger charge is 2.23. The largest absolute Gasteiger partial charge is 0.378 e. The van der Waals surface area contributed by atoms with Crippen LogP contribution in [0.1, 0.15) is 29.9 Å². The van der Waals surface area contributed by atoms with Gasteiger partial charge in [0.2, 0.25) is 11.6 Å². The molecule has 1 unspecified atom stereocenters. The maximum Gasteiger partial charge on any atom is 0.219 e. The van der Waals surface area contributed by atoms with Crippen molar-refractivity contribution in [2.24, 2.45) is 0 Å². The van der Waals surface area contributed by atoms with E-state index in [1.54, 1.807) is 6.08 Å². The summed E-state index contributed by atoms with van der Waals surface area (Å²) in [6, 6.07) is 8.23. The predicted octanol–water partition coefficient (Wildman–Crippen LogP) is 2.40. The van der Waals surface area contributed by atoms with Gasteiger partial charge in [-0.2, -0.15) is 0 Å². The highest BCUT2D eigenvalue weighted by Crippen LogP contribution is 2.32. The van der Waals surface area contributed by atoms with Crippen molar-refractivity contribution in [1.82, 2.24) is 10.3 Å². The number of nitrogens with zero attached hydrogens (tertiary/aromatic N) is 2. The molecule has 0 amide bonds. The number of allylic oxidation sites excluding steroid dienone is 2. The van der Waals surface area contributed by atoms with Crippen molar-refractivity contribution in [2.75, 3.05) is 11.1 Å². The normalized spacial score (nSPS) is 18.4. The molecule has 6 heteroatoms. The minimum absolute atomic E-state index is 0.0882. The van der Waals surface area contributed by atoms with Crippen molar-refractivity contribution < 1.29 is 9.42 Å². The van der Waals surface area contributed by atoms with Crippen LogP contribution in [0.4, 0.5) is 11.6 Å². The second-order valence-electron chi connectivity index (χ2n) is 5.28. The van der Waals surface area contributed by atoms with E-state index < -0.39 is 0 Å². The monoisotopic (exact) mass is 284 g/mol. The zero-order valence-corrected chi connectivity index (χ0v) is 11.7. The Morgan fingerprint density at radius 3 is 2.90 bits per heavy atom. The molecular weight excluding hydrogens is 268 g/mol. The Labute approximate surface area is 122 Å². The number of nitrogens with one attached hydrogen (secondary N) is 1. The van der Waals surface area contributed by atoms with Gasteiger partial charge in [0.25, 0.3) is 0 Å². The summed E-state index contributed by atoms with van der Waals surface area (Å²) in [5, 5.41) is 10.2. The average molecular weight is 284 g/mol. The fourth-order valence-electron chi connectivity index (χ4n) is 2.57. The molecule has 3 N–H and O–H groups in total.